The highest BCUT2D eigenvalue weighted by Crippen LogP contribution is 2.32. The maximum absolute atomic E-state index is 13.0. The summed E-state index contributed by atoms with van der Waals surface area (Å²) in [6.45, 7) is 6.45. The van der Waals surface area contributed by atoms with Gasteiger partial charge in [-0.3, -0.25) is 14.4 Å². The summed E-state index contributed by atoms with van der Waals surface area (Å²) in [5, 5.41) is 2.76. The summed E-state index contributed by atoms with van der Waals surface area (Å²) in [7, 11) is 0. The topological polar surface area (TPSA) is 63.2 Å². The van der Waals surface area contributed by atoms with Crippen LogP contribution in [0.3, 0.4) is 0 Å². The average molecular weight is 409 g/mol. The van der Waals surface area contributed by atoms with Gasteiger partial charge < -0.3 is 5.32 Å². The van der Waals surface area contributed by atoms with Crippen molar-refractivity contribution < 1.29 is 14.4 Å². The van der Waals surface area contributed by atoms with Crippen LogP contribution in [0.25, 0.3) is 6.08 Å². The van der Waals surface area contributed by atoms with Crippen LogP contribution in [0.1, 0.15) is 63.7 Å². The van der Waals surface area contributed by atoms with Crippen LogP contribution in [0.2, 0.25) is 0 Å². The predicted molar refractivity (Wildman–Crippen MR) is 123 cm³/mol. The molecule has 3 aromatic rings. The number of ketones is 2. The van der Waals surface area contributed by atoms with E-state index in [0.29, 0.717) is 22.4 Å². The molecule has 0 aromatic heterocycles. The van der Waals surface area contributed by atoms with Crippen LogP contribution in [0.15, 0.2) is 72.8 Å². The van der Waals surface area contributed by atoms with Gasteiger partial charge in [0.1, 0.15) is 0 Å². The van der Waals surface area contributed by atoms with E-state index in [1.807, 2.05) is 24.3 Å². The van der Waals surface area contributed by atoms with Crippen LogP contribution >= 0.6 is 0 Å². The zero-order valence-electron chi connectivity index (χ0n) is 17.7. The van der Waals surface area contributed by atoms with E-state index < -0.39 is 0 Å². The lowest BCUT2D eigenvalue weighted by Crippen LogP contribution is -2.23. The van der Waals surface area contributed by atoms with Gasteiger partial charge in [0, 0.05) is 22.8 Å². The van der Waals surface area contributed by atoms with Gasteiger partial charge in [0.25, 0.3) is 0 Å². The van der Waals surface area contributed by atoms with Crippen LogP contribution in [-0.2, 0) is 10.2 Å². The van der Waals surface area contributed by atoms with Gasteiger partial charge in [-0.15, -0.1) is 0 Å². The monoisotopic (exact) mass is 409 g/mol. The molecule has 154 valence electrons. The molecular formula is C27H23NO3. The predicted octanol–water partition coefficient (Wildman–Crippen LogP) is 5.41. The highest BCUT2D eigenvalue weighted by molar-refractivity contribution is 6.30. The molecule has 0 spiro atoms. The molecule has 1 aliphatic rings. The minimum Gasteiger partial charge on any atom is -0.322 e. The van der Waals surface area contributed by atoms with Crippen LogP contribution in [-0.4, -0.2) is 17.5 Å². The molecule has 0 heterocycles. The third-order valence-corrected chi connectivity index (χ3v) is 5.41. The van der Waals surface area contributed by atoms with Gasteiger partial charge >= 0.3 is 0 Å². The average Bonchev–Trinajstić information content (AvgIpc) is 2.75. The van der Waals surface area contributed by atoms with Crippen LogP contribution in [0, 0.1) is 0 Å². The van der Waals surface area contributed by atoms with Gasteiger partial charge in [0.15, 0.2) is 11.6 Å². The number of hydrogen-bond donors (Lipinski definition) is 1. The molecule has 0 radical (unpaired) electrons. The number of fused-ring (bicyclic) bond motifs is 2. The van der Waals surface area contributed by atoms with E-state index in [9.17, 15) is 14.4 Å². The van der Waals surface area contributed by atoms with Crippen molar-refractivity contribution in [3.8, 4) is 0 Å². The minimum atomic E-state index is -0.368. The fourth-order valence-electron chi connectivity index (χ4n) is 3.69. The van der Waals surface area contributed by atoms with Crippen molar-refractivity contribution in [2.75, 3.05) is 5.32 Å². The molecule has 0 saturated heterocycles. The Labute approximate surface area is 181 Å². The standard InChI is InChI=1S/C27H23NO3/c1-27(2,3)18-14-11-17(12-15-18)13-16-23(29)28-22-10-6-9-21-24(22)26(31)20-8-5-4-7-19(20)25(21)30/h4-16H,1-3H3,(H,28,29)/b16-13+. The molecule has 0 bridgehead atoms. The zero-order valence-corrected chi connectivity index (χ0v) is 17.7. The summed E-state index contributed by atoms with van der Waals surface area (Å²) in [5.74, 6) is -0.842. The van der Waals surface area contributed by atoms with Gasteiger partial charge in [0.2, 0.25) is 5.91 Å². The molecule has 4 nitrogen and oxygen atoms in total. The van der Waals surface area contributed by atoms with Gasteiger partial charge in [-0.25, -0.2) is 0 Å². The van der Waals surface area contributed by atoms with E-state index in [4.69, 9.17) is 0 Å². The van der Waals surface area contributed by atoms with E-state index in [1.54, 1.807) is 48.5 Å². The lowest BCUT2D eigenvalue weighted by molar-refractivity contribution is -0.111. The normalized spacial score (nSPS) is 13.1. The maximum Gasteiger partial charge on any atom is 0.248 e. The van der Waals surface area contributed by atoms with Crippen molar-refractivity contribution in [1.82, 2.24) is 0 Å². The van der Waals surface area contributed by atoms with Crippen molar-refractivity contribution in [3.05, 3.63) is 106 Å². The van der Waals surface area contributed by atoms with E-state index in [-0.39, 0.29) is 28.5 Å². The van der Waals surface area contributed by atoms with Gasteiger partial charge in [-0.05, 0) is 28.7 Å². The summed E-state index contributed by atoms with van der Waals surface area (Å²) < 4.78 is 0. The van der Waals surface area contributed by atoms with Gasteiger partial charge in [-0.1, -0.05) is 81.4 Å². The third kappa shape index (κ3) is 3.97. The lowest BCUT2D eigenvalue weighted by Gasteiger charge is -2.20. The van der Waals surface area contributed by atoms with Gasteiger partial charge in [0.05, 0.1) is 11.3 Å². The zero-order chi connectivity index (χ0) is 22.2. The maximum atomic E-state index is 13.0. The van der Waals surface area contributed by atoms with Crippen molar-refractivity contribution >= 4 is 29.2 Å². The molecule has 0 unspecified atom stereocenters. The number of rotatable bonds is 3. The Morgan fingerprint density at radius 1 is 0.774 bits per heavy atom. The second kappa shape index (κ2) is 7.80. The molecule has 1 aliphatic carbocycles. The summed E-state index contributed by atoms with van der Waals surface area (Å²) in [5.41, 5.74) is 3.81. The molecule has 4 heteroatoms. The first-order valence-corrected chi connectivity index (χ1v) is 10.2. The molecule has 0 atom stereocenters. The first-order chi connectivity index (χ1) is 14.8. The molecule has 4 rings (SSSR count). The van der Waals surface area contributed by atoms with E-state index in [1.165, 1.54) is 11.6 Å². The summed E-state index contributed by atoms with van der Waals surface area (Å²) in [4.78, 5) is 38.4. The smallest absolute Gasteiger partial charge is 0.248 e. The molecule has 31 heavy (non-hydrogen) atoms. The Hall–Kier alpha value is -3.79. The van der Waals surface area contributed by atoms with E-state index in [2.05, 4.69) is 26.1 Å². The molecule has 1 amide bonds. The van der Waals surface area contributed by atoms with Crippen molar-refractivity contribution in [3.63, 3.8) is 0 Å². The molecule has 0 fully saturated rings. The Balaban J connectivity index is 1.57. The van der Waals surface area contributed by atoms with Crippen molar-refractivity contribution in [2.24, 2.45) is 0 Å². The quantitative estimate of drug-likeness (QED) is 0.460. The fraction of sp³-hybridized carbons (Fsp3) is 0.148. The van der Waals surface area contributed by atoms with Crippen LogP contribution < -0.4 is 5.32 Å². The number of nitrogens with one attached hydrogen (secondary N) is 1. The Morgan fingerprint density at radius 3 is 2.03 bits per heavy atom. The molecule has 0 saturated carbocycles. The molecule has 1 N–H and O–H groups in total. The van der Waals surface area contributed by atoms with Gasteiger partial charge in [-0.2, -0.15) is 0 Å². The largest absolute Gasteiger partial charge is 0.322 e. The number of hydrogen-bond acceptors (Lipinski definition) is 3. The molecule has 3 aromatic carbocycles. The minimum absolute atomic E-state index is 0.0641. The third-order valence-electron chi connectivity index (χ3n) is 5.41. The molecule has 0 aliphatic heterocycles. The second-order valence-electron chi connectivity index (χ2n) is 8.63. The highest BCUT2D eigenvalue weighted by atomic mass is 16.2. The lowest BCUT2D eigenvalue weighted by atomic mass is 9.83. The number of amides is 1. The van der Waals surface area contributed by atoms with Crippen molar-refractivity contribution in [2.45, 2.75) is 26.2 Å². The van der Waals surface area contributed by atoms with Crippen molar-refractivity contribution in [1.29, 1.82) is 0 Å². The van der Waals surface area contributed by atoms with E-state index >= 15 is 0 Å². The summed E-state index contributed by atoms with van der Waals surface area (Å²) in [6.07, 6.45) is 3.15. The summed E-state index contributed by atoms with van der Waals surface area (Å²) >= 11 is 0. The van der Waals surface area contributed by atoms with E-state index in [0.717, 1.165) is 5.56 Å². The van der Waals surface area contributed by atoms with Crippen LogP contribution in [0.5, 0.6) is 0 Å². The number of benzene rings is 3. The number of anilines is 1. The number of carbonyl (C=O) groups excluding carboxylic acids is 3. The Kier molecular flexibility index (Phi) is 5.15. The highest BCUT2D eigenvalue weighted by Gasteiger charge is 2.31. The fourth-order valence-corrected chi connectivity index (χ4v) is 3.69. The first kappa shape index (κ1) is 20.5. The molecular weight excluding hydrogens is 386 g/mol. The SMILES string of the molecule is CC(C)(C)c1ccc(/C=C/C(=O)Nc2cccc3c2C(=O)c2ccccc2C3=O)cc1. The Bertz CT molecular complexity index is 1230. The first-order valence-electron chi connectivity index (χ1n) is 10.2. The van der Waals surface area contributed by atoms with Crippen LogP contribution in [0.4, 0.5) is 5.69 Å². The second-order valence-corrected chi connectivity index (χ2v) is 8.63. The summed E-state index contributed by atoms with van der Waals surface area (Å²) in [6, 6.07) is 19.7. The Morgan fingerprint density at radius 2 is 1.39 bits per heavy atom. The number of carbonyl (C=O) groups is 3.